The highest BCUT2D eigenvalue weighted by Gasteiger charge is 2.43. The minimum absolute atomic E-state index is 0.0473. The van der Waals surface area contributed by atoms with Crippen LogP contribution in [0.25, 0.3) is 10.8 Å². The molecular weight excluding hydrogens is 506 g/mol. The van der Waals surface area contributed by atoms with Gasteiger partial charge in [0.2, 0.25) is 0 Å². The van der Waals surface area contributed by atoms with Crippen molar-refractivity contribution in [1.82, 2.24) is 24.9 Å². The first-order valence-corrected chi connectivity index (χ1v) is 14.2. The van der Waals surface area contributed by atoms with Crippen LogP contribution < -0.4 is 10.6 Å². The number of fused-ring (bicyclic) bond motifs is 1. The Hall–Kier alpha value is -3.41. The van der Waals surface area contributed by atoms with Gasteiger partial charge in [-0.05, 0) is 55.3 Å². The number of β-amino-alcohol motifs (C(OH)–C–C–N with tert-alkyl or cyclic N) is 1. The molecular formula is C27H33N5O5S. The van der Waals surface area contributed by atoms with Gasteiger partial charge < -0.3 is 15.7 Å². The zero-order valence-electron chi connectivity index (χ0n) is 21.4. The van der Waals surface area contributed by atoms with E-state index < -0.39 is 40.0 Å². The first kappa shape index (κ1) is 27.6. The lowest BCUT2D eigenvalue weighted by Crippen LogP contribution is -2.57. The molecule has 1 aliphatic rings. The quantitative estimate of drug-likeness (QED) is 0.395. The molecule has 0 aliphatic carbocycles. The number of pyridine rings is 2. The largest absolute Gasteiger partial charge is 0.390 e. The molecule has 3 atom stereocenters. The molecule has 0 saturated carbocycles. The molecule has 1 saturated heterocycles. The number of sulfonamides is 1. The van der Waals surface area contributed by atoms with Crippen LogP contribution in [-0.4, -0.2) is 70.9 Å². The van der Waals surface area contributed by atoms with Gasteiger partial charge in [-0.2, -0.15) is 8.42 Å². The van der Waals surface area contributed by atoms with Gasteiger partial charge in [-0.15, -0.1) is 0 Å². The fourth-order valence-corrected chi connectivity index (χ4v) is 6.25. The van der Waals surface area contributed by atoms with E-state index in [4.69, 9.17) is 0 Å². The van der Waals surface area contributed by atoms with E-state index >= 15 is 0 Å². The molecule has 1 aromatic carbocycles. The number of hydrogen-bond acceptors (Lipinski definition) is 8. The highest BCUT2D eigenvalue weighted by atomic mass is 32.2. The van der Waals surface area contributed by atoms with E-state index in [1.807, 2.05) is 38.1 Å². The number of nitrogens with one attached hydrogen (secondary N) is 2. The van der Waals surface area contributed by atoms with Crippen molar-refractivity contribution in [2.45, 2.75) is 56.3 Å². The van der Waals surface area contributed by atoms with Crippen LogP contribution in [0.15, 0.2) is 66.0 Å². The van der Waals surface area contributed by atoms with Crippen LogP contribution in [-0.2, 0) is 14.8 Å². The van der Waals surface area contributed by atoms with E-state index in [-0.39, 0.29) is 36.0 Å². The van der Waals surface area contributed by atoms with Gasteiger partial charge in [0.15, 0.2) is 5.03 Å². The van der Waals surface area contributed by atoms with Gasteiger partial charge in [0.1, 0.15) is 11.7 Å². The molecule has 0 bridgehead atoms. The molecule has 1 aliphatic heterocycles. The average Bonchev–Trinajstić information content (AvgIpc) is 3.12. The molecule has 2 amide bonds. The van der Waals surface area contributed by atoms with Crippen molar-refractivity contribution in [1.29, 1.82) is 0 Å². The summed E-state index contributed by atoms with van der Waals surface area (Å²) in [4.78, 5) is 35.6. The molecule has 1 fully saturated rings. The van der Waals surface area contributed by atoms with Gasteiger partial charge in [-0.25, -0.2) is 9.29 Å². The Balaban J connectivity index is 1.71. The summed E-state index contributed by atoms with van der Waals surface area (Å²) >= 11 is 0. The topological polar surface area (TPSA) is 142 Å². The molecule has 2 unspecified atom stereocenters. The second-order valence-corrected chi connectivity index (χ2v) is 11.6. The number of amides is 2. The maximum atomic E-state index is 14.1. The van der Waals surface area contributed by atoms with Crippen molar-refractivity contribution in [3.63, 3.8) is 0 Å². The number of hydrogen-bond donors (Lipinski definition) is 3. The van der Waals surface area contributed by atoms with Crippen molar-refractivity contribution >= 4 is 32.6 Å². The maximum absolute atomic E-state index is 14.1. The first-order valence-electron chi connectivity index (χ1n) is 12.7. The lowest BCUT2D eigenvalue weighted by Gasteiger charge is -2.35. The van der Waals surface area contributed by atoms with Crippen LogP contribution in [0.5, 0.6) is 0 Å². The molecule has 0 spiro atoms. The third kappa shape index (κ3) is 6.17. The van der Waals surface area contributed by atoms with Gasteiger partial charge in [0.05, 0.1) is 12.1 Å². The first-order chi connectivity index (χ1) is 18.2. The number of aliphatic hydroxyl groups excluding tert-OH is 1. The molecule has 10 nitrogen and oxygen atoms in total. The van der Waals surface area contributed by atoms with Crippen LogP contribution in [0.4, 0.5) is 0 Å². The molecule has 4 rings (SSSR count). The van der Waals surface area contributed by atoms with E-state index in [2.05, 4.69) is 20.6 Å². The zero-order valence-corrected chi connectivity index (χ0v) is 22.3. The van der Waals surface area contributed by atoms with Crippen LogP contribution in [0.2, 0.25) is 0 Å². The van der Waals surface area contributed by atoms with Crippen molar-refractivity contribution in [3.05, 3.63) is 66.6 Å². The predicted octanol–water partition coefficient (Wildman–Crippen LogP) is 2.10. The Kier molecular flexibility index (Phi) is 8.70. The predicted molar refractivity (Wildman–Crippen MR) is 143 cm³/mol. The smallest absolute Gasteiger partial charge is 0.284 e. The van der Waals surface area contributed by atoms with E-state index in [1.165, 1.54) is 18.3 Å². The van der Waals surface area contributed by atoms with Crippen molar-refractivity contribution in [2.75, 3.05) is 13.1 Å². The highest BCUT2D eigenvalue weighted by molar-refractivity contribution is 7.89. The normalized spacial score (nSPS) is 19.1. The summed E-state index contributed by atoms with van der Waals surface area (Å²) in [6, 6.07) is 11.3. The van der Waals surface area contributed by atoms with Gasteiger partial charge in [0.25, 0.3) is 21.8 Å². The minimum atomic E-state index is -4.44. The number of carbonyl (C=O) groups is 2. The number of nitrogens with zero attached hydrogens (tertiary/aromatic N) is 3. The molecule has 38 heavy (non-hydrogen) atoms. The van der Waals surface area contributed by atoms with Gasteiger partial charge in [-0.3, -0.25) is 14.6 Å². The number of aliphatic hydroxyl groups is 1. The Morgan fingerprint density at radius 2 is 1.87 bits per heavy atom. The molecule has 3 heterocycles. The SMILES string of the molecule is CC(C)CC(NC(=O)c1cc2ccccc2cn1)C(=O)N(C1CCCNC[C@@H]1O)S(=O)(=O)c1ccccn1. The summed E-state index contributed by atoms with van der Waals surface area (Å²) in [5, 5.41) is 18.0. The standard InChI is InChI=1S/C27H33N5O5S/c1-18(2)14-22(31-26(34)21-15-19-8-3-4-9-20(19)16-30-21)27(35)32(23-10-7-12-28-17-24(23)33)38(36,37)25-11-5-6-13-29-25/h3-6,8-9,11,13,15-16,18,22-24,28,33H,7,10,12,14,17H2,1-2H3,(H,31,34)/t22?,23?,24-/m0/s1. The number of aromatic nitrogens is 2. The van der Waals surface area contributed by atoms with Crippen LogP contribution in [0, 0.1) is 5.92 Å². The van der Waals surface area contributed by atoms with Gasteiger partial charge in [-0.1, -0.05) is 44.2 Å². The lowest BCUT2D eigenvalue weighted by atomic mass is 10.0. The van der Waals surface area contributed by atoms with Gasteiger partial charge >= 0.3 is 0 Å². The van der Waals surface area contributed by atoms with E-state index in [0.717, 1.165) is 15.1 Å². The van der Waals surface area contributed by atoms with Crippen LogP contribution in [0.1, 0.15) is 43.6 Å². The Labute approximate surface area is 222 Å². The molecule has 3 aromatic rings. The van der Waals surface area contributed by atoms with Crippen molar-refractivity contribution in [2.24, 2.45) is 5.92 Å². The third-order valence-electron chi connectivity index (χ3n) is 6.50. The zero-order chi connectivity index (χ0) is 27.3. The second-order valence-electron chi connectivity index (χ2n) is 9.86. The van der Waals surface area contributed by atoms with Gasteiger partial charge in [0, 0.05) is 24.3 Å². The van der Waals surface area contributed by atoms with E-state index in [9.17, 15) is 23.1 Å². The summed E-state index contributed by atoms with van der Waals surface area (Å²) < 4.78 is 28.4. The Morgan fingerprint density at radius 3 is 2.58 bits per heavy atom. The average molecular weight is 540 g/mol. The minimum Gasteiger partial charge on any atom is -0.390 e. The highest BCUT2D eigenvalue weighted by Crippen LogP contribution is 2.25. The summed E-state index contributed by atoms with van der Waals surface area (Å²) in [5.41, 5.74) is 0.114. The summed E-state index contributed by atoms with van der Waals surface area (Å²) in [5.74, 6) is -1.45. The Bertz CT molecular complexity index is 1380. The number of rotatable bonds is 8. The summed E-state index contributed by atoms with van der Waals surface area (Å²) in [6.07, 6.45) is 2.80. The second kappa shape index (κ2) is 12.0. The van der Waals surface area contributed by atoms with Crippen LogP contribution in [0.3, 0.4) is 0 Å². The molecule has 3 N–H and O–H groups in total. The lowest BCUT2D eigenvalue weighted by molar-refractivity contribution is -0.132. The van der Waals surface area contributed by atoms with Crippen LogP contribution >= 0.6 is 0 Å². The number of benzene rings is 1. The monoisotopic (exact) mass is 539 g/mol. The molecule has 11 heteroatoms. The number of carbonyl (C=O) groups excluding carboxylic acids is 2. The maximum Gasteiger partial charge on any atom is 0.284 e. The molecule has 2 aromatic heterocycles. The molecule has 0 radical (unpaired) electrons. The van der Waals surface area contributed by atoms with Crippen molar-refractivity contribution in [3.8, 4) is 0 Å². The summed E-state index contributed by atoms with van der Waals surface area (Å²) in [7, 11) is -4.44. The fraction of sp³-hybridized carbons (Fsp3) is 0.407. The van der Waals surface area contributed by atoms with E-state index in [1.54, 1.807) is 18.3 Å². The molecule has 202 valence electrons. The van der Waals surface area contributed by atoms with Crippen molar-refractivity contribution < 1.29 is 23.1 Å². The summed E-state index contributed by atoms with van der Waals surface area (Å²) in [6.45, 7) is 4.47. The Morgan fingerprint density at radius 1 is 1.13 bits per heavy atom. The van der Waals surface area contributed by atoms with E-state index in [0.29, 0.717) is 13.0 Å². The third-order valence-corrected chi connectivity index (χ3v) is 8.24. The fourth-order valence-electron chi connectivity index (χ4n) is 4.64.